The number of aliphatic hydroxyl groups is 1. The molecule has 0 aliphatic rings. The Balaban J connectivity index is 2.08. The molecule has 0 aliphatic carbocycles. The van der Waals surface area contributed by atoms with Gasteiger partial charge >= 0.3 is 0 Å². The lowest BCUT2D eigenvalue weighted by atomic mass is 9.89. The highest BCUT2D eigenvalue weighted by atomic mass is 19.1. The molecule has 5 nitrogen and oxygen atoms in total. The molecule has 0 aliphatic heterocycles. The van der Waals surface area contributed by atoms with E-state index >= 15 is 0 Å². The van der Waals surface area contributed by atoms with E-state index in [-0.39, 0.29) is 12.4 Å². The van der Waals surface area contributed by atoms with E-state index in [9.17, 15) is 9.50 Å². The number of nitrogens with zero attached hydrogens (tertiary/aromatic N) is 4. The minimum atomic E-state index is -1.41. The zero-order valence-electron chi connectivity index (χ0n) is 11.1. The van der Waals surface area contributed by atoms with E-state index in [1.165, 1.54) is 29.5 Å². The molecule has 2 aromatic heterocycles. The maximum Gasteiger partial charge on any atom is 0.151 e. The highest BCUT2D eigenvalue weighted by Gasteiger charge is 2.34. The Morgan fingerprint density at radius 1 is 1.14 bits per heavy atom. The van der Waals surface area contributed by atoms with Gasteiger partial charge in [0.05, 0.1) is 12.2 Å². The quantitative estimate of drug-likeness (QED) is 0.792. The molecule has 3 aromatic rings. The van der Waals surface area contributed by atoms with E-state index < -0.39 is 5.60 Å². The van der Waals surface area contributed by atoms with E-state index in [2.05, 4.69) is 15.1 Å². The van der Waals surface area contributed by atoms with Crippen molar-refractivity contribution < 1.29 is 9.50 Å². The van der Waals surface area contributed by atoms with E-state index in [0.29, 0.717) is 11.3 Å². The molecular weight excluding hydrogens is 271 g/mol. The molecule has 0 spiro atoms. The van der Waals surface area contributed by atoms with Crippen LogP contribution >= 0.6 is 0 Å². The van der Waals surface area contributed by atoms with Crippen molar-refractivity contribution in [2.24, 2.45) is 0 Å². The van der Waals surface area contributed by atoms with Crippen molar-refractivity contribution in [3.8, 4) is 0 Å². The van der Waals surface area contributed by atoms with Crippen molar-refractivity contribution in [3.05, 3.63) is 78.4 Å². The SMILES string of the molecule is OC(Cn1cncn1)(c1ccc(F)cc1)c1ccccn1. The van der Waals surface area contributed by atoms with Crippen molar-refractivity contribution in [1.82, 2.24) is 19.7 Å². The van der Waals surface area contributed by atoms with Gasteiger partial charge in [0.2, 0.25) is 0 Å². The van der Waals surface area contributed by atoms with Crippen LogP contribution in [0.15, 0.2) is 61.3 Å². The Hall–Kier alpha value is -2.60. The monoisotopic (exact) mass is 284 g/mol. The molecule has 1 aromatic carbocycles. The second kappa shape index (κ2) is 5.41. The largest absolute Gasteiger partial charge is 0.377 e. The second-order valence-corrected chi connectivity index (χ2v) is 4.68. The number of halogens is 1. The summed E-state index contributed by atoms with van der Waals surface area (Å²) in [7, 11) is 0. The van der Waals surface area contributed by atoms with Crippen molar-refractivity contribution in [1.29, 1.82) is 0 Å². The molecule has 6 heteroatoms. The van der Waals surface area contributed by atoms with Gasteiger partial charge in [-0.2, -0.15) is 5.10 Å². The number of pyridine rings is 1. The summed E-state index contributed by atoms with van der Waals surface area (Å²) in [5.74, 6) is -0.358. The zero-order chi connectivity index (χ0) is 14.7. The van der Waals surface area contributed by atoms with Gasteiger partial charge in [-0.3, -0.25) is 4.98 Å². The fourth-order valence-corrected chi connectivity index (χ4v) is 2.20. The van der Waals surface area contributed by atoms with E-state index in [1.54, 1.807) is 36.5 Å². The molecule has 2 heterocycles. The molecule has 0 amide bonds. The van der Waals surface area contributed by atoms with Gasteiger partial charge in [0, 0.05) is 6.20 Å². The molecule has 106 valence electrons. The number of hydrogen-bond donors (Lipinski definition) is 1. The first kappa shape index (κ1) is 13.4. The summed E-state index contributed by atoms with van der Waals surface area (Å²) < 4.78 is 14.6. The molecule has 0 saturated carbocycles. The van der Waals surface area contributed by atoms with Crippen molar-refractivity contribution >= 4 is 0 Å². The van der Waals surface area contributed by atoms with E-state index in [1.807, 2.05) is 0 Å². The lowest BCUT2D eigenvalue weighted by Gasteiger charge is -2.28. The maximum absolute atomic E-state index is 13.1. The molecule has 0 radical (unpaired) electrons. The zero-order valence-corrected chi connectivity index (χ0v) is 11.1. The highest BCUT2D eigenvalue weighted by Crippen LogP contribution is 2.29. The predicted molar refractivity (Wildman–Crippen MR) is 73.7 cm³/mol. The standard InChI is InChI=1S/C15H13FN4O/c16-13-6-4-12(5-7-13)15(21,9-20-11-17-10-19-20)14-3-1-2-8-18-14/h1-8,10-11,21H,9H2. The summed E-state index contributed by atoms with van der Waals surface area (Å²) in [5, 5.41) is 15.2. The maximum atomic E-state index is 13.1. The Kier molecular flexibility index (Phi) is 3.45. The summed E-state index contributed by atoms with van der Waals surface area (Å²) in [4.78, 5) is 8.09. The van der Waals surface area contributed by atoms with E-state index in [0.717, 1.165) is 0 Å². The summed E-state index contributed by atoms with van der Waals surface area (Å²) in [5.41, 5.74) is -0.409. The van der Waals surface area contributed by atoms with Crippen LogP contribution in [0.1, 0.15) is 11.3 Å². The second-order valence-electron chi connectivity index (χ2n) is 4.68. The lowest BCUT2D eigenvalue weighted by molar-refractivity contribution is 0.0528. The Morgan fingerprint density at radius 3 is 2.57 bits per heavy atom. The third kappa shape index (κ3) is 2.66. The van der Waals surface area contributed by atoms with Gasteiger partial charge in [-0.25, -0.2) is 14.1 Å². The Labute approximate surface area is 120 Å². The van der Waals surface area contributed by atoms with Crippen LogP contribution in [0.5, 0.6) is 0 Å². The van der Waals surface area contributed by atoms with Gasteiger partial charge in [-0.1, -0.05) is 18.2 Å². The molecule has 0 bridgehead atoms. The fraction of sp³-hybridized carbons (Fsp3) is 0.133. The van der Waals surface area contributed by atoms with Crippen LogP contribution in [0, 0.1) is 5.82 Å². The topological polar surface area (TPSA) is 63.8 Å². The lowest BCUT2D eigenvalue weighted by Crippen LogP contribution is -2.34. The van der Waals surface area contributed by atoms with Crippen LogP contribution in [0.2, 0.25) is 0 Å². The smallest absolute Gasteiger partial charge is 0.151 e. The molecule has 21 heavy (non-hydrogen) atoms. The average molecular weight is 284 g/mol. The van der Waals surface area contributed by atoms with Crippen molar-refractivity contribution in [3.63, 3.8) is 0 Å². The summed E-state index contributed by atoms with van der Waals surface area (Å²) in [6.07, 6.45) is 4.51. The normalized spacial score (nSPS) is 13.8. The average Bonchev–Trinajstić information content (AvgIpc) is 3.01. The Morgan fingerprint density at radius 2 is 1.95 bits per heavy atom. The number of benzene rings is 1. The van der Waals surface area contributed by atoms with Gasteiger partial charge in [-0.05, 0) is 29.8 Å². The van der Waals surface area contributed by atoms with Crippen LogP contribution in [0.25, 0.3) is 0 Å². The van der Waals surface area contributed by atoms with Crippen LogP contribution in [0.3, 0.4) is 0 Å². The predicted octanol–water partition coefficient (Wildman–Crippen LogP) is 1.75. The van der Waals surface area contributed by atoms with Crippen LogP contribution in [-0.4, -0.2) is 24.9 Å². The first-order chi connectivity index (χ1) is 10.2. The molecule has 0 fully saturated rings. The van der Waals surface area contributed by atoms with Gasteiger partial charge in [-0.15, -0.1) is 0 Å². The first-order valence-corrected chi connectivity index (χ1v) is 6.41. The minimum absolute atomic E-state index is 0.135. The summed E-state index contributed by atoms with van der Waals surface area (Å²) in [6.45, 7) is 0.135. The molecule has 1 unspecified atom stereocenters. The number of rotatable bonds is 4. The number of hydrogen-bond acceptors (Lipinski definition) is 4. The number of aromatic nitrogens is 4. The van der Waals surface area contributed by atoms with Crippen LogP contribution < -0.4 is 0 Å². The van der Waals surface area contributed by atoms with Gasteiger partial charge in [0.15, 0.2) is 5.60 Å². The van der Waals surface area contributed by atoms with Gasteiger partial charge in [0.1, 0.15) is 18.5 Å². The molecule has 1 N–H and O–H groups in total. The molecule has 3 rings (SSSR count). The third-order valence-corrected chi connectivity index (χ3v) is 3.27. The van der Waals surface area contributed by atoms with Crippen molar-refractivity contribution in [2.45, 2.75) is 12.1 Å². The molecule has 1 atom stereocenters. The van der Waals surface area contributed by atoms with Gasteiger partial charge < -0.3 is 5.11 Å². The van der Waals surface area contributed by atoms with Crippen molar-refractivity contribution in [2.75, 3.05) is 0 Å². The fourth-order valence-electron chi connectivity index (χ4n) is 2.20. The van der Waals surface area contributed by atoms with Crippen LogP contribution in [-0.2, 0) is 12.1 Å². The van der Waals surface area contributed by atoms with Crippen LogP contribution in [0.4, 0.5) is 4.39 Å². The highest BCUT2D eigenvalue weighted by molar-refractivity contribution is 5.32. The first-order valence-electron chi connectivity index (χ1n) is 6.41. The third-order valence-electron chi connectivity index (χ3n) is 3.27. The van der Waals surface area contributed by atoms with E-state index in [4.69, 9.17) is 0 Å². The molecule has 0 saturated heterocycles. The summed E-state index contributed by atoms with van der Waals surface area (Å²) in [6, 6.07) is 11.0. The molecular formula is C15H13FN4O. The summed E-state index contributed by atoms with van der Waals surface area (Å²) >= 11 is 0. The minimum Gasteiger partial charge on any atom is -0.377 e. The Bertz CT molecular complexity index is 700. The van der Waals surface area contributed by atoms with Gasteiger partial charge in [0.25, 0.3) is 0 Å².